The van der Waals surface area contributed by atoms with Gasteiger partial charge in [-0.25, -0.2) is 9.97 Å². The summed E-state index contributed by atoms with van der Waals surface area (Å²) in [5.41, 5.74) is 6.72. The van der Waals surface area contributed by atoms with Gasteiger partial charge >= 0.3 is 0 Å². The van der Waals surface area contributed by atoms with E-state index in [2.05, 4.69) is 9.97 Å². The monoisotopic (exact) mass is 245 g/mol. The van der Waals surface area contributed by atoms with E-state index >= 15 is 0 Å². The molecule has 0 amide bonds. The maximum Gasteiger partial charge on any atom is 0.138 e. The summed E-state index contributed by atoms with van der Waals surface area (Å²) in [5.74, 6) is 1.22. The van der Waals surface area contributed by atoms with Gasteiger partial charge < -0.3 is 15.2 Å². The molecule has 0 unspecified atom stereocenters. The lowest BCUT2D eigenvalue weighted by Gasteiger charge is -2.24. The number of aromatic nitrogens is 2. The predicted octanol–water partition coefficient (Wildman–Crippen LogP) is 1.77. The van der Waals surface area contributed by atoms with Crippen molar-refractivity contribution in [3.63, 3.8) is 0 Å². The lowest BCUT2D eigenvalue weighted by molar-refractivity contribution is 0.0262. The average molecular weight is 245 g/mol. The Balaban J connectivity index is 1.95. The van der Waals surface area contributed by atoms with E-state index in [0.717, 1.165) is 42.7 Å². The molecule has 1 aromatic carbocycles. The lowest BCUT2D eigenvalue weighted by Crippen LogP contribution is -2.26. The minimum atomic E-state index is 0.184. The van der Waals surface area contributed by atoms with Gasteiger partial charge in [0.15, 0.2) is 0 Å². The zero-order valence-corrected chi connectivity index (χ0v) is 10.0. The summed E-state index contributed by atoms with van der Waals surface area (Å²) < 4.78 is 11.3. The molecular weight excluding hydrogens is 230 g/mol. The second-order valence-corrected chi connectivity index (χ2v) is 4.34. The summed E-state index contributed by atoms with van der Waals surface area (Å²) in [6.45, 7) is 1.50. The Kier molecular flexibility index (Phi) is 2.98. The normalized spacial score (nSPS) is 16.9. The molecule has 0 radical (unpaired) electrons. The first kappa shape index (κ1) is 11.2. The van der Waals surface area contributed by atoms with Crippen molar-refractivity contribution in [2.75, 3.05) is 18.9 Å². The smallest absolute Gasteiger partial charge is 0.138 e. The third-order valence-corrected chi connectivity index (χ3v) is 3.12. The highest BCUT2D eigenvalue weighted by molar-refractivity contribution is 5.93. The highest BCUT2D eigenvalue weighted by atomic mass is 16.5. The molecule has 1 fully saturated rings. The van der Waals surface area contributed by atoms with Crippen LogP contribution in [0.2, 0.25) is 0 Å². The van der Waals surface area contributed by atoms with E-state index in [9.17, 15) is 0 Å². The van der Waals surface area contributed by atoms with E-state index < -0.39 is 0 Å². The van der Waals surface area contributed by atoms with Gasteiger partial charge in [-0.05, 0) is 12.1 Å². The molecule has 0 aliphatic carbocycles. The molecule has 1 aliphatic rings. The van der Waals surface area contributed by atoms with Crippen LogP contribution in [0.4, 0.5) is 5.82 Å². The third-order valence-electron chi connectivity index (χ3n) is 3.12. The lowest BCUT2D eigenvalue weighted by atomic mass is 10.1. The van der Waals surface area contributed by atoms with E-state index in [0.29, 0.717) is 5.82 Å². The summed E-state index contributed by atoms with van der Waals surface area (Å²) in [6.07, 6.45) is 3.47. The van der Waals surface area contributed by atoms with Gasteiger partial charge in [0.2, 0.25) is 0 Å². The van der Waals surface area contributed by atoms with Crippen molar-refractivity contribution in [2.24, 2.45) is 0 Å². The topological polar surface area (TPSA) is 70.3 Å². The molecule has 94 valence electrons. The standard InChI is InChI=1S/C13H15N3O2/c14-13-12-10(15-8-16-13)2-1-3-11(12)18-9-4-6-17-7-5-9/h1-3,8-9H,4-7H2,(H2,14,15,16). The number of benzene rings is 1. The van der Waals surface area contributed by atoms with Gasteiger partial charge in [-0.2, -0.15) is 0 Å². The Labute approximate surface area is 105 Å². The maximum absolute atomic E-state index is 6.01. The van der Waals surface area contributed by atoms with E-state index in [1.54, 1.807) is 0 Å². The predicted molar refractivity (Wildman–Crippen MR) is 68.4 cm³/mol. The van der Waals surface area contributed by atoms with Crippen molar-refractivity contribution in [1.29, 1.82) is 0 Å². The number of anilines is 1. The van der Waals surface area contributed by atoms with Gasteiger partial charge in [0, 0.05) is 12.8 Å². The average Bonchev–Trinajstić information content (AvgIpc) is 2.40. The summed E-state index contributed by atoms with van der Waals surface area (Å²) in [5, 5.41) is 0.798. The number of fused-ring (bicyclic) bond motifs is 1. The van der Waals surface area contributed by atoms with Crippen LogP contribution in [0.5, 0.6) is 5.75 Å². The zero-order chi connectivity index (χ0) is 12.4. The second kappa shape index (κ2) is 4.78. The molecular formula is C13H15N3O2. The fourth-order valence-electron chi connectivity index (χ4n) is 2.17. The van der Waals surface area contributed by atoms with Gasteiger partial charge in [-0.15, -0.1) is 0 Å². The molecule has 0 spiro atoms. The quantitative estimate of drug-likeness (QED) is 0.873. The van der Waals surface area contributed by atoms with Crippen LogP contribution < -0.4 is 10.5 Å². The Bertz CT molecular complexity index is 548. The van der Waals surface area contributed by atoms with Crippen LogP contribution in [-0.2, 0) is 4.74 Å². The van der Waals surface area contributed by atoms with Crippen molar-refractivity contribution in [1.82, 2.24) is 9.97 Å². The molecule has 1 aromatic heterocycles. The number of hydrogen-bond donors (Lipinski definition) is 1. The Morgan fingerprint density at radius 1 is 1.22 bits per heavy atom. The van der Waals surface area contributed by atoms with Crippen molar-refractivity contribution >= 4 is 16.7 Å². The molecule has 5 nitrogen and oxygen atoms in total. The number of nitrogen functional groups attached to an aromatic ring is 1. The first-order valence-electron chi connectivity index (χ1n) is 6.08. The Hall–Kier alpha value is -1.88. The highest BCUT2D eigenvalue weighted by Gasteiger charge is 2.17. The van der Waals surface area contributed by atoms with Gasteiger partial charge in [0.05, 0.1) is 24.1 Å². The largest absolute Gasteiger partial charge is 0.489 e. The minimum Gasteiger partial charge on any atom is -0.489 e. The number of hydrogen-bond acceptors (Lipinski definition) is 5. The molecule has 1 saturated heterocycles. The molecule has 0 saturated carbocycles. The van der Waals surface area contributed by atoms with E-state index in [1.165, 1.54) is 6.33 Å². The summed E-state index contributed by atoms with van der Waals surface area (Å²) >= 11 is 0. The van der Waals surface area contributed by atoms with Crippen LogP contribution in [0, 0.1) is 0 Å². The van der Waals surface area contributed by atoms with Crippen molar-refractivity contribution < 1.29 is 9.47 Å². The maximum atomic E-state index is 6.01. The molecule has 0 atom stereocenters. The number of rotatable bonds is 2. The number of nitrogens with zero attached hydrogens (tertiary/aromatic N) is 2. The fraction of sp³-hybridized carbons (Fsp3) is 0.385. The van der Waals surface area contributed by atoms with Crippen molar-refractivity contribution in [3.05, 3.63) is 24.5 Å². The zero-order valence-electron chi connectivity index (χ0n) is 10.0. The molecule has 1 aliphatic heterocycles. The van der Waals surface area contributed by atoms with Crippen LogP contribution in [0.25, 0.3) is 10.9 Å². The van der Waals surface area contributed by atoms with E-state index in [1.807, 2.05) is 18.2 Å². The molecule has 2 heterocycles. The fourth-order valence-corrected chi connectivity index (χ4v) is 2.17. The highest BCUT2D eigenvalue weighted by Crippen LogP contribution is 2.29. The Morgan fingerprint density at radius 3 is 2.89 bits per heavy atom. The Morgan fingerprint density at radius 2 is 2.06 bits per heavy atom. The minimum absolute atomic E-state index is 0.184. The molecule has 0 bridgehead atoms. The molecule has 3 rings (SSSR count). The van der Waals surface area contributed by atoms with Gasteiger partial charge in [-0.1, -0.05) is 6.07 Å². The second-order valence-electron chi connectivity index (χ2n) is 4.34. The van der Waals surface area contributed by atoms with Gasteiger partial charge in [0.25, 0.3) is 0 Å². The van der Waals surface area contributed by atoms with Crippen LogP contribution in [0.3, 0.4) is 0 Å². The third kappa shape index (κ3) is 2.09. The van der Waals surface area contributed by atoms with Crippen LogP contribution >= 0.6 is 0 Å². The first-order chi connectivity index (χ1) is 8.84. The van der Waals surface area contributed by atoms with Crippen LogP contribution in [0.1, 0.15) is 12.8 Å². The van der Waals surface area contributed by atoms with Gasteiger partial charge in [-0.3, -0.25) is 0 Å². The summed E-state index contributed by atoms with van der Waals surface area (Å²) in [7, 11) is 0. The van der Waals surface area contributed by atoms with E-state index in [-0.39, 0.29) is 6.10 Å². The first-order valence-corrected chi connectivity index (χ1v) is 6.08. The molecule has 2 N–H and O–H groups in total. The number of ether oxygens (including phenoxy) is 2. The van der Waals surface area contributed by atoms with Crippen molar-refractivity contribution in [3.8, 4) is 5.75 Å². The number of nitrogens with two attached hydrogens (primary N) is 1. The van der Waals surface area contributed by atoms with Crippen molar-refractivity contribution in [2.45, 2.75) is 18.9 Å². The SMILES string of the molecule is Nc1ncnc2cccc(OC3CCOCC3)c12. The van der Waals surface area contributed by atoms with E-state index in [4.69, 9.17) is 15.2 Å². The molecule has 2 aromatic rings. The summed E-state index contributed by atoms with van der Waals surface area (Å²) in [4.78, 5) is 8.22. The molecule has 5 heteroatoms. The summed E-state index contributed by atoms with van der Waals surface area (Å²) in [6, 6.07) is 5.74. The van der Waals surface area contributed by atoms with Crippen LogP contribution in [0.15, 0.2) is 24.5 Å². The van der Waals surface area contributed by atoms with Crippen LogP contribution in [-0.4, -0.2) is 29.3 Å². The molecule has 18 heavy (non-hydrogen) atoms. The van der Waals surface area contributed by atoms with Gasteiger partial charge in [0.1, 0.15) is 24.0 Å².